The van der Waals surface area contributed by atoms with Crippen molar-refractivity contribution in [1.29, 1.82) is 0 Å². The molecule has 0 aromatic heterocycles. The van der Waals surface area contributed by atoms with Gasteiger partial charge in [0.2, 0.25) is 0 Å². The Bertz CT molecular complexity index is 376. The van der Waals surface area contributed by atoms with E-state index in [0.29, 0.717) is 18.8 Å². The maximum atomic E-state index is 10.9. The van der Waals surface area contributed by atoms with Crippen molar-refractivity contribution in [3.63, 3.8) is 0 Å². The zero-order chi connectivity index (χ0) is 10.1. The second kappa shape index (κ2) is 3.40. The number of hydrogen-bond donors (Lipinski definition) is 2. The van der Waals surface area contributed by atoms with Crippen LogP contribution in [0.4, 0.5) is 0 Å². The summed E-state index contributed by atoms with van der Waals surface area (Å²) in [4.78, 5) is 10.9. The van der Waals surface area contributed by atoms with E-state index in [-0.39, 0.29) is 11.6 Å². The number of rotatable bonds is 1. The zero-order valence-electron chi connectivity index (χ0n) is 7.56. The van der Waals surface area contributed by atoms with E-state index in [9.17, 15) is 4.79 Å². The van der Waals surface area contributed by atoms with Crippen LogP contribution < -0.4 is 5.73 Å². The molecule has 0 amide bonds. The van der Waals surface area contributed by atoms with Crippen molar-refractivity contribution in [2.75, 3.05) is 6.61 Å². The van der Waals surface area contributed by atoms with Crippen LogP contribution in [0.1, 0.15) is 27.5 Å². The summed E-state index contributed by atoms with van der Waals surface area (Å²) in [6.07, 6.45) is 0. The Hall–Kier alpha value is -1.39. The van der Waals surface area contributed by atoms with E-state index >= 15 is 0 Å². The molecule has 1 aromatic carbocycles. The molecule has 4 heteroatoms. The summed E-state index contributed by atoms with van der Waals surface area (Å²) >= 11 is 0. The van der Waals surface area contributed by atoms with Crippen LogP contribution in [0.25, 0.3) is 0 Å². The first kappa shape index (κ1) is 9.18. The predicted molar refractivity (Wildman–Crippen MR) is 50.0 cm³/mol. The highest BCUT2D eigenvalue weighted by Gasteiger charge is 2.21. The fourth-order valence-corrected chi connectivity index (χ4v) is 1.69. The van der Waals surface area contributed by atoms with E-state index in [1.165, 1.54) is 0 Å². The van der Waals surface area contributed by atoms with E-state index in [1.54, 1.807) is 12.1 Å². The third-order valence-electron chi connectivity index (χ3n) is 2.39. The van der Waals surface area contributed by atoms with Crippen molar-refractivity contribution in [1.82, 2.24) is 0 Å². The molecule has 74 valence electrons. The minimum absolute atomic E-state index is 0.210. The third-order valence-corrected chi connectivity index (χ3v) is 2.39. The zero-order valence-corrected chi connectivity index (χ0v) is 7.56. The molecule has 1 atom stereocenters. The van der Waals surface area contributed by atoms with Crippen LogP contribution in [0, 0.1) is 0 Å². The molecule has 1 heterocycles. The van der Waals surface area contributed by atoms with Gasteiger partial charge in [-0.1, -0.05) is 12.1 Å². The molecule has 0 radical (unpaired) electrons. The maximum Gasteiger partial charge on any atom is 0.336 e. The van der Waals surface area contributed by atoms with Gasteiger partial charge >= 0.3 is 5.97 Å². The summed E-state index contributed by atoms with van der Waals surface area (Å²) < 4.78 is 5.21. The lowest BCUT2D eigenvalue weighted by Gasteiger charge is -2.23. The average molecular weight is 193 g/mol. The first-order valence-electron chi connectivity index (χ1n) is 4.38. The lowest BCUT2D eigenvalue weighted by Crippen LogP contribution is -2.25. The number of ether oxygens (including phenoxy) is 1. The molecule has 4 nitrogen and oxygen atoms in total. The maximum absolute atomic E-state index is 10.9. The molecule has 0 saturated carbocycles. The number of carbonyl (C=O) groups is 1. The van der Waals surface area contributed by atoms with Gasteiger partial charge in [-0.05, 0) is 17.2 Å². The summed E-state index contributed by atoms with van der Waals surface area (Å²) in [6, 6.07) is 4.93. The van der Waals surface area contributed by atoms with Gasteiger partial charge < -0.3 is 15.6 Å². The largest absolute Gasteiger partial charge is 0.478 e. The topological polar surface area (TPSA) is 72.5 Å². The van der Waals surface area contributed by atoms with Gasteiger partial charge in [-0.15, -0.1) is 0 Å². The highest BCUT2D eigenvalue weighted by Crippen LogP contribution is 2.25. The Balaban J connectivity index is 2.55. The van der Waals surface area contributed by atoms with Crippen LogP contribution in [0.3, 0.4) is 0 Å². The van der Waals surface area contributed by atoms with E-state index in [1.807, 2.05) is 6.07 Å². The van der Waals surface area contributed by atoms with Crippen molar-refractivity contribution in [3.05, 3.63) is 34.9 Å². The van der Waals surface area contributed by atoms with Gasteiger partial charge in [-0.25, -0.2) is 4.79 Å². The molecule has 14 heavy (non-hydrogen) atoms. The molecule has 1 aliphatic rings. The van der Waals surface area contributed by atoms with E-state index in [2.05, 4.69) is 0 Å². The van der Waals surface area contributed by atoms with Crippen molar-refractivity contribution in [3.8, 4) is 0 Å². The highest BCUT2D eigenvalue weighted by atomic mass is 16.5. The summed E-state index contributed by atoms with van der Waals surface area (Å²) in [5.74, 6) is -0.931. The van der Waals surface area contributed by atoms with Crippen LogP contribution in [0.15, 0.2) is 18.2 Å². The Morgan fingerprint density at radius 1 is 1.57 bits per heavy atom. The monoisotopic (exact) mass is 193 g/mol. The van der Waals surface area contributed by atoms with Gasteiger partial charge in [0, 0.05) is 0 Å². The Morgan fingerprint density at radius 2 is 2.36 bits per heavy atom. The lowest BCUT2D eigenvalue weighted by molar-refractivity contribution is 0.0672. The van der Waals surface area contributed by atoms with E-state index in [0.717, 1.165) is 5.56 Å². The van der Waals surface area contributed by atoms with Crippen molar-refractivity contribution >= 4 is 5.97 Å². The minimum atomic E-state index is -0.931. The van der Waals surface area contributed by atoms with Crippen LogP contribution in [0.5, 0.6) is 0 Å². The van der Waals surface area contributed by atoms with Gasteiger partial charge in [0.15, 0.2) is 0 Å². The quantitative estimate of drug-likeness (QED) is 0.695. The molecule has 0 aliphatic carbocycles. The first-order chi connectivity index (χ1) is 6.70. The predicted octanol–water partition coefficient (Wildman–Crippen LogP) is 0.915. The molecule has 0 fully saturated rings. The van der Waals surface area contributed by atoms with Crippen LogP contribution in [-0.2, 0) is 11.3 Å². The van der Waals surface area contributed by atoms with Gasteiger partial charge in [-0.2, -0.15) is 0 Å². The van der Waals surface area contributed by atoms with Gasteiger partial charge in [-0.3, -0.25) is 0 Å². The van der Waals surface area contributed by atoms with Crippen molar-refractivity contribution < 1.29 is 14.6 Å². The SMILES string of the molecule is NC1COCc2c(C(=O)O)cccc21. The number of carboxylic acid groups (broad SMARTS) is 1. The van der Waals surface area contributed by atoms with Crippen LogP contribution >= 0.6 is 0 Å². The average Bonchev–Trinajstić information content (AvgIpc) is 2.17. The van der Waals surface area contributed by atoms with Gasteiger partial charge in [0.05, 0.1) is 24.8 Å². The number of aromatic carboxylic acids is 1. The highest BCUT2D eigenvalue weighted by molar-refractivity contribution is 5.89. The van der Waals surface area contributed by atoms with E-state index in [4.69, 9.17) is 15.6 Å². The molecule has 1 unspecified atom stereocenters. The first-order valence-corrected chi connectivity index (χ1v) is 4.38. The number of carboxylic acids is 1. The molecular weight excluding hydrogens is 182 g/mol. The molecule has 1 aromatic rings. The number of nitrogens with two attached hydrogens (primary N) is 1. The fraction of sp³-hybridized carbons (Fsp3) is 0.300. The molecule has 0 spiro atoms. The Labute approximate surface area is 81.3 Å². The molecule has 3 N–H and O–H groups in total. The second-order valence-electron chi connectivity index (χ2n) is 3.30. The third kappa shape index (κ3) is 1.38. The van der Waals surface area contributed by atoms with Crippen molar-refractivity contribution in [2.24, 2.45) is 5.73 Å². The summed E-state index contributed by atoms with van der Waals surface area (Å²) in [5, 5.41) is 8.93. The lowest BCUT2D eigenvalue weighted by atomic mass is 9.95. The Morgan fingerprint density at radius 3 is 3.07 bits per heavy atom. The Kier molecular flexibility index (Phi) is 2.23. The summed E-state index contributed by atoms with van der Waals surface area (Å²) in [7, 11) is 0. The molecular formula is C10H11NO3. The summed E-state index contributed by atoms with van der Waals surface area (Å²) in [6.45, 7) is 0.793. The molecule has 2 rings (SSSR count). The van der Waals surface area contributed by atoms with Gasteiger partial charge in [0.1, 0.15) is 0 Å². The van der Waals surface area contributed by atoms with Crippen LogP contribution in [0.2, 0.25) is 0 Å². The number of hydrogen-bond acceptors (Lipinski definition) is 3. The number of benzene rings is 1. The normalized spacial score (nSPS) is 20.2. The van der Waals surface area contributed by atoms with Crippen molar-refractivity contribution in [2.45, 2.75) is 12.6 Å². The van der Waals surface area contributed by atoms with Crippen LogP contribution in [-0.4, -0.2) is 17.7 Å². The smallest absolute Gasteiger partial charge is 0.336 e. The minimum Gasteiger partial charge on any atom is -0.478 e. The molecule has 1 aliphatic heterocycles. The second-order valence-corrected chi connectivity index (χ2v) is 3.30. The molecule has 0 saturated heterocycles. The van der Waals surface area contributed by atoms with E-state index < -0.39 is 5.97 Å². The molecule has 0 bridgehead atoms. The summed E-state index contributed by atoms with van der Waals surface area (Å²) in [5.41, 5.74) is 7.68. The standard InChI is InChI=1S/C10H11NO3/c11-9-5-14-4-8-6(9)2-1-3-7(8)10(12)13/h1-3,9H,4-5,11H2,(H,12,13). The number of fused-ring (bicyclic) bond motifs is 1. The fourth-order valence-electron chi connectivity index (χ4n) is 1.69. The van der Waals surface area contributed by atoms with Gasteiger partial charge in [0.25, 0.3) is 0 Å².